The summed E-state index contributed by atoms with van der Waals surface area (Å²) in [6, 6.07) is 5.88. The Kier molecular flexibility index (Phi) is 4.31. The summed E-state index contributed by atoms with van der Waals surface area (Å²) in [6.45, 7) is -1.72. The summed E-state index contributed by atoms with van der Waals surface area (Å²) in [6.07, 6.45) is 1.47. The summed E-state index contributed by atoms with van der Waals surface area (Å²) in [5.74, 6) is -0.740. The summed E-state index contributed by atoms with van der Waals surface area (Å²) in [4.78, 5) is 12.9. The van der Waals surface area contributed by atoms with Gasteiger partial charge in [-0.25, -0.2) is 0 Å². The number of benzene rings is 1. The highest BCUT2D eigenvalue weighted by atomic mass is 19.3. The molecule has 1 aliphatic heterocycles. The fraction of sp³-hybridized carbons (Fsp3) is 0.462. The Morgan fingerprint density at radius 3 is 3.00 bits per heavy atom. The molecule has 19 heavy (non-hydrogen) atoms. The third-order valence-corrected chi connectivity index (χ3v) is 3.16. The molecular weight excluding hydrogens is 256 g/mol. The molecule has 4 nitrogen and oxygen atoms in total. The first-order valence-electron chi connectivity index (χ1n) is 6.07. The van der Waals surface area contributed by atoms with Crippen LogP contribution in [0.25, 0.3) is 0 Å². The van der Waals surface area contributed by atoms with Crippen molar-refractivity contribution in [3.63, 3.8) is 0 Å². The molecule has 1 aliphatic rings. The molecule has 0 aliphatic carbocycles. The van der Waals surface area contributed by atoms with E-state index in [9.17, 15) is 13.6 Å². The van der Waals surface area contributed by atoms with Crippen molar-refractivity contribution in [2.75, 3.05) is 6.54 Å². The lowest BCUT2D eigenvalue weighted by Gasteiger charge is -2.21. The number of ether oxygens (including phenoxy) is 1. The molecule has 0 spiro atoms. The molecule has 0 amide bonds. The molecule has 0 unspecified atom stereocenters. The van der Waals surface area contributed by atoms with Gasteiger partial charge in [0, 0.05) is 6.54 Å². The van der Waals surface area contributed by atoms with Gasteiger partial charge < -0.3 is 9.84 Å². The van der Waals surface area contributed by atoms with Gasteiger partial charge in [0.05, 0.1) is 0 Å². The highest BCUT2D eigenvalue weighted by molar-refractivity contribution is 5.73. The molecule has 1 fully saturated rings. The van der Waals surface area contributed by atoms with Crippen LogP contribution in [0.5, 0.6) is 5.75 Å². The van der Waals surface area contributed by atoms with Crippen molar-refractivity contribution in [3.8, 4) is 5.75 Å². The highest BCUT2D eigenvalue weighted by Gasteiger charge is 2.30. The Morgan fingerprint density at radius 1 is 1.53 bits per heavy atom. The fourth-order valence-corrected chi connectivity index (χ4v) is 2.35. The van der Waals surface area contributed by atoms with Crippen molar-refractivity contribution in [1.82, 2.24) is 4.90 Å². The van der Waals surface area contributed by atoms with E-state index in [0.717, 1.165) is 12.0 Å². The van der Waals surface area contributed by atoms with Gasteiger partial charge in [0.1, 0.15) is 11.8 Å². The van der Waals surface area contributed by atoms with E-state index in [1.54, 1.807) is 12.1 Å². The van der Waals surface area contributed by atoms with Crippen LogP contribution in [0.4, 0.5) is 8.78 Å². The zero-order chi connectivity index (χ0) is 13.8. The number of hydrogen-bond acceptors (Lipinski definition) is 3. The summed E-state index contributed by atoms with van der Waals surface area (Å²) in [5.41, 5.74) is 0.770. The van der Waals surface area contributed by atoms with Crippen LogP contribution in [0.15, 0.2) is 24.3 Å². The first kappa shape index (κ1) is 13.7. The van der Waals surface area contributed by atoms with Crippen LogP contribution in [-0.2, 0) is 11.3 Å². The number of nitrogens with zero attached hydrogens (tertiary/aromatic N) is 1. The monoisotopic (exact) mass is 271 g/mol. The Bertz CT molecular complexity index is 453. The van der Waals surface area contributed by atoms with E-state index in [2.05, 4.69) is 4.74 Å². The third-order valence-electron chi connectivity index (χ3n) is 3.16. The molecule has 0 aromatic heterocycles. The Balaban J connectivity index is 2.04. The summed E-state index contributed by atoms with van der Waals surface area (Å²) >= 11 is 0. The maximum Gasteiger partial charge on any atom is 0.387 e. The van der Waals surface area contributed by atoms with Crippen molar-refractivity contribution in [1.29, 1.82) is 0 Å². The number of hydrogen-bond donors (Lipinski definition) is 1. The van der Waals surface area contributed by atoms with Crippen LogP contribution in [0.1, 0.15) is 18.4 Å². The maximum absolute atomic E-state index is 12.1. The minimum Gasteiger partial charge on any atom is -0.480 e. The van der Waals surface area contributed by atoms with Crippen LogP contribution in [0, 0.1) is 0 Å². The van der Waals surface area contributed by atoms with Crippen molar-refractivity contribution in [2.24, 2.45) is 0 Å². The number of alkyl halides is 2. The zero-order valence-corrected chi connectivity index (χ0v) is 10.3. The van der Waals surface area contributed by atoms with Gasteiger partial charge in [0.15, 0.2) is 0 Å². The largest absolute Gasteiger partial charge is 0.480 e. The third kappa shape index (κ3) is 3.64. The molecule has 1 aromatic rings. The normalized spacial score (nSPS) is 19.8. The molecular formula is C13H15F2NO3. The molecule has 1 heterocycles. The van der Waals surface area contributed by atoms with Crippen molar-refractivity contribution < 1.29 is 23.4 Å². The Morgan fingerprint density at radius 2 is 2.32 bits per heavy atom. The van der Waals surface area contributed by atoms with Crippen LogP contribution in [0.2, 0.25) is 0 Å². The lowest BCUT2D eigenvalue weighted by atomic mass is 10.1. The average molecular weight is 271 g/mol. The smallest absolute Gasteiger partial charge is 0.387 e. The molecule has 0 saturated carbocycles. The average Bonchev–Trinajstić information content (AvgIpc) is 2.76. The van der Waals surface area contributed by atoms with Crippen molar-refractivity contribution >= 4 is 5.97 Å². The van der Waals surface area contributed by atoms with Crippen molar-refractivity contribution in [3.05, 3.63) is 29.8 Å². The van der Waals surface area contributed by atoms with Gasteiger partial charge in [-0.1, -0.05) is 12.1 Å². The van der Waals surface area contributed by atoms with Gasteiger partial charge in [-0.15, -0.1) is 0 Å². The van der Waals surface area contributed by atoms with E-state index in [0.29, 0.717) is 19.5 Å². The lowest BCUT2D eigenvalue weighted by molar-refractivity contribution is -0.142. The van der Waals surface area contributed by atoms with Gasteiger partial charge in [0.2, 0.25) is 0 Å². The highest BCUT2D eigenvalue weighted by Crippen LogP contribution is 2.22. The predicted molar refractivity (Wildman–Crippen MR) is 64.1 cm³/mol. The Labute approximate surface area is 109 Å². The fourth-order valence-electron chi connectivity index (χ4n) is 2.35. The van der Waals surface area contributed by atoms with E-state index < -0.39 is 18.6 Å². The molecule has 104 valence electrons. The van der Waals surface area contributed by atoms with Gasteiger partial charge >= 0.3 is 12.6 Å². The molecule has 1 N–H and O–H groups in total. The number of carboxylic acid groups (broad SMARTS) is 1. The van der Waals surface area contributed by atoms with Crippen LogP contribution >= 0.6 is 0 Å². The second kappa shape index (κ2) is 5.97. The quantitative estimate of drug-likeness (QED) is 0.893. The number of likely N-dealkylation sites (tertiary alicyclic amines) is 1. The predicted octanol–water partition coefficient (Wildman–Crippen LogP) is 2.34. The zero-order valence-electron chi connectivity index (χ0n) is 10.3. The van der Waals surface area contributed by atoms with E-state index in [-0.39, 0.29) is 5.75 Å². The second-order valence-corrected chi connectivity index (χ2v) is 4.49. The van der Waals surface area contributed by atoms with Crippen LogP contribution < -0.4 is 4.74 Å². The number of carboxylic acids is 1. The molecule has 0 radical (unpaired) electrons. The second-order valence-electron chi connectivity index (χ2n) is 4.49. The summed E-state index contributed by atoms with van der Waals surface area (Å²) < 4.78 is 28.6. The molecule has 1 saturated heterocycles. The van der Waals surface area contributed by atoms with E-state index in [1.807, 2.05) is 4.90 Å². The number of aliphatic carboxylic acids is 1. The Hall–Kier alpha value is -1.69. The van der Waals surface area contributed by atoms with E-state index >= 15 is 0 Å². The van der Waals surface area contributed by atoms with Crippen molar-refractivity contribution in [2.45, 2.75) is 32.0 Å². The summed E-state index contributed by atoms with van der Waals surface area (Å²) in [5, 5.41) is 9.07. The van der Waals surface area contributed by atoms with Gasteiger partial charge in [0.25, 0.3) is 0 Å². The minimum atomic E-state index is -2.85. The molecule has 1 atom stereocenters. The van der Waals surface area contributed by atoms with Crippen LogP contribution in [-0.4, -0.2) is 35.2 Å². The van der Waals surface area contributed by atoms with Gasteiger partial charge in [-0.05, 0) is 37.1 Å². The topological polar surface area (TPSA) is 49.8 Å². The molecule has 6 heteroatoms. The number of halogens is 2. The number of rotatable bonds is 5. The molecule has 0 bridgehead atoms. The molecule has 1 aromatic carbocycles. The first-order valence-corrected chi connectivity index (χ1v) is 6.07. The number of carbonyl (C=O) groups is 1. The van der Waals surface area contributed by atoms with E-state index in [1.165, 1.54) is 12.1 Å². The lowest BCUT2D eigenvalue weighted by Crippen LogP contribution is -2.35. The minimum absolute atomic E-state index is 0.0959. The molecule has 2 rings (SSSR count). The SMILES string of the molecule is O=C(O)[C@H]1CCCN1Cc1cccc(OC(F)F)c1. The van der Waals surface area contributed by atoms with Gasteiger partial charge in [-0.2, -0.15) is 8.78 Å². The van der Waals surface area contributed by atoms with Gasteiger partial charge in [-0.3, -0.25) is 9.69 Å². The maximum atomic E-state index is 12.1. The summed E-state index contributed by atoms with van der Waals surface area (Å²) in [7, 11) is 0. The van der Waals surface area contributed by atoms with E-state index in [4.69, 9.17) is 5.11 Å². The first-order chi connectivity index (χ1) is 9.06. The van der Waals surface area contributed by atoms with Crippen LogP contribution in [0.3, 0.4) is 0 Å². The standard InChI is InChI=1S/C13H15F2NO3/c14-13(15)19-10-4-1-3-9(7-10)8-16-6-2-5-11(16)12(17)18/h1,3-4,7,11,13H,2,5-6,8H2,(H,17,18)/t11-/m1/s1.